The van der Waals surface area contributed by atoms with Gasteiger partial charge < -0.3 is 10.5 Å². The summed E-state index contributed by atoms with van der Waals surface area (Å²) in [5.74, 6) is 1.39. The van der Waals surface area contributed by atoms with E-state index in [4.69, 9.17) is 10.5 Å². The van der Waals surface area contributed by atoms with Crippen LogP contribution in [-0.2, 0) is 6.42 Å². The van der Waals surface area contributed by atoms with Crippen LogP contribution in [0.5, 0.6) is 5.75 Å². The number of nitrogens with two attached hydrogens (primary N) is 1. The van der Waals surface area contributed by atoms with E-state index in [1.54, 1.807) is 11.3 Å². The summed E-state index contributed by atoms with van der Waals surface area (Å²) in [5.41, 5.74) is 8.98. The molecule has 3 rings (SSSR count). The molecule has 1 aliphatic rings. The summed E-state index contributed by atoms with van der Waals surface area (Å²) in [6.07, 6.45) is 1.01. The zero-order chi connectivity index (χ0) is 12.5. The standard InChI is InChI=1S/C15H17NOS/c1-10-6-7-18-15(10)14(16)12-8-11-4-2-3-5-13(11)17-9-12/h2-7,12,14H,8-9,16H2,1H3. The summed E-state index contributed by atoms with van der Waals surface area (Å²) >= 11 is 1.75. The molecule has 18 heavy (non-hydrogen) atoms. The van der Waals surface area contributed by atoms with Crippen molar-refractivity contribution < 1.29 is 4.74 Å². The molecule has 2 aromatic rings. The van der Waals surface area contributed by atoms with Gasteiger partial charge in [-0.05, 0) is 42.0 Å². The highest BCUT2D eigenvalue weighted by molar-refractivity contribution is 7.10. The van der Waals surface area contributed by atoms with Crippen molar-refractivity contribution in [1.29, 1.82) is 0 Å². The molecule has 1 aromatic carbocycles. The Morgan fingerprint density at radius 1 is 1.33 bits per heavy atom. The lowest BCUT2D eigenvalue weighted by molar-refractivity contribution is 0.201. The minimum Gasteiger partial charge on any atom is -0.493 e. The Bertz CT molecular complexity index is 549. The SMILES string of the molecule is Cc1ccsc1C(N)C1COc2ccccc2C1. The number of hydrogen-bond donors (Lipinski definition) is 1. The first-order valence-electron chi connectivity index (χ1n) is 6.26. The highest BCUT2D eigenvalue weighted by Gasteiger charge is 2.27. The molecule has 94 valence electrons. The second-order valence-electron chi connectivity index (χ2n) is 4.88. The lowest BCUT2D eigenvalue weighted by Gasteiger charge is -2.29. The van der Waals surface area contributed by atoms with Crippen molar-refractivity contribution in [2.24, 2.45) is 11.7 Å². The van der Waals surface area contributed by atoms with Gasteiger partial charge in [-0.25, -0.2) is 0 Å². The number of fused-ring (bicyclic) bond motifs is 1. The smallest absolute Gasteiger partial charge is 0.122 e. The Hall–Kier alpha value is -1.32. The van der Waals surface area contributed by atoms with Crippen molar-refractivity contribution in [2.75, 3.05) is 6.61 Å². The number of ether oxygens (including phenoxy) is 1. The van der Waals surface area contributed by atoms with E-state index in [1.807, 2.05) is 12.1 Å². The van der Waals surface area contributed by atoms with Gasteiger partial charge in [0, 0.05) is 16.8 Å². The molecule has 1 aromatic heterocycles. The largest absolute Gasteiger partial charge is 0.493 e. The highest BCUT2D eigenvalue weighted by Crippen LogP contribution is 2.35. The molecule has 0 saturated carbocycles. The molecule has 0 spiro atoms. The number of hydrogen-bond acceptors (Lipinski definition) is 3. The van der Waals surface area contributed by atoms with Crippen LogP contribution in [-0.4, -0.2) is 6.61 Å². The van der Waals surface area contributed by atoms with E-state index in [9.17, 15) is 0 Å². The van der Waals surface area contributed by atoms with E-state index >= 15 is 0 Å². The van der Waals surface area contributed by atoms with Crippen molar-refractivity contribution in [1.82, 2.24) is 0 Å². The summed E-state index contributed by atoms with van der Waals surface area (Å²) in [4.78, 5) is 1.29. The van der Waals surface area contributed by atoms with Crippen LogP contribution in [0.2, 0.25) is 0 Å². The van der Waals surface area contributed by atoms with Gasteiger partial charge in [-0.2, -0.15) is 0 Å². The predicted molar refractivity (Wildman–Crippen MR) is 75.1 cm³/mol. The maximum Gasteiger partial charge on any atom is 0.122 e. The molecular formula is C15H17NOS. The van der Waals surface area contributed by atoms with E-state index in [0.717, 1.165) is 18.8 Å². The number of benzene rings is 1. The first-order valence-corrected chi connectivity index (χ1v) is 7.14. The van der Waals surface area contributed by atoms with Crippen molar-refractivity contribution >= 4 is 11.3 Å². The number of rotatable bonds is 2. The van der Waals surface area contributed by atoms with Gasteiger partial charge in [0.2, 0.25) is 0 Å². The van der Waals surface area contributed by atoms with Crippen molar-refractivity contribution in [3.8, 4) is 5.75 Å². The molecule has 0 bridgehead atoms. The second kappa shape index (κ2) is 4.75. The quantitative estimate of drug-likeness (QED) is 0.898. The van der Waals surface area contributed by atoms with Crippen molar-refractivity contribution in [2.45, 2.75) is 19.4 Å². The first-order chi connectivity index (χ1) is 8.75. The topological polar surface area (TPSA) is 35.2 Å². The van der Waals surface area contributed by atoms with Gasteiger partial charge >= 0.3 is 0 Å². The van der Waals surface area contributed by atoms with Gasteiger partial charge in [0.05, 0.1) is 6.61 Å². The lowest BCUT2D eigenvalue weighted by atomic mass is 9.89. The van der Waals surface area contributed by atoms with Crippen molar-refractivity contribution in [3.05, 3.63) is 51.7 Å². The van der Waals surface area contributed by atoms with Gasteiger partial charge in [0.1, 0.15) is 5.75 Å². The number of aryl methyl sites for hydroxylation is 1. The first kappa shape index (κ1) is 11.8. The lowest BCUT2D eigenvalue weighted by Crippen LogP contribution is -2.31. The fraction of sp³-hybridized carbons (Fsp3) is 0.333. The van der Waals surface area contributed by atoms with Crippen molar-refractivity contribution in [3.63, 3.8) is 0 Å². The van der Waals surface area contributed by atoms with Crippen LogP contribution in [0, 0.1) is 12.8 Å². The van der Waals surface area contributed by atoms with Crippen LogP contribution in [0.25, 0.3) is 0 Å². The third-order valence-electron chi connectivity index (χ3n) is 3.62. The average Bonchev–Trinajstić information content (AvgIpc) is 2.83. The fourth-order valence-corrected chi connectivity index (χ4v) is 3.54. The molecule has 2 heterocycles. The van der Waals surface area contributed by atoms with E-state index in [1.165, 1.54) is 16.0 Å². The molecule has 0 aliphatic carbocycles. The summed E-state index contributed by atoms with van der Waals surface area (Å²) in [6.45, 7) is 2.85. The Morgan fingerprint density at radius 3 is 2.94 bits per heavy atom. The molecule has 3 heteroatoms. The molecule has 2 nitrogen and oxygen atoms in total. The maximum atomic E-state index is 6.40. The Balaban J connectivity index is 1.82. The van der Waals surface area contributed by atoms with Crippen LogP contribution in [0.15, 0.2) is 35.7 Å². The molecule has 2 N–H and O–H groups in total. The maximum absolute atomic E-state index is 6.40. The molecule has 2 atom stereocenters. The summed E-state index contributed by atoms with van der Waals surface area (Å²) in [7, 11) is 0. The van der Waals surface area contributed by atoms with Gasteiger partial charge in [-0.15, -0.1) is 11.3 Å². The third-order valence-corrected chi connectivity index (χ3v) is 4.74. The number of para-hydroxylation sites is 1. The summed E-state index contributed by atoms with van der Waals surface area (Å²) in [6, 6.07) is 10.5. The Morgan fingerprint density at radius 2 is 2.17 bits per heavy atom. The minimum atomic E-state index is 0.0818. The van der Waals surface area contributed by atoms with Crippen LogP contribution < -0.4 is 10.5 Å². The molecule has 2 unspecified atom stereocenters. The normalized spacial score (nSPS) is 20.0. The molecule has 0 fully saturated rings. The van der Waals surface area contributed by atoms with Gasteiger partial charge in [0.25, 0.3) is 0 Å². The monoisotopic (exact) mass is 259 g/mol. The van der Waals surface area contributed by atoms with E-state index in [-0.39, 0.29) is 6.04 Å². The van der Waals surface area contributed by atoms with E-state index < -0.39 is 0 Å². The van der Waals surface area contributed by atoms with Gasteiger partial charge in [0.15, 0.2) is 0 Å². The molecular weight excluding hydrogens is 242 g/mol. The minimum absolute atomic E-state index is 0.0818. The van der Waals surface area contributed by atoms with Crippen LogP contribution in [0.1, 0.15) is 22.0 Å². The van der Waals surface area contributed by atoms with Gasteiger partial charge in [-0.3, -0.25) is 0 Å². The second-order valence-corrected chi connectivity index (χ2v) is 5.82. The number of thiophene rings is 1. The summed E-state index contributed by atoms with van der Waals surface area (Å²) < 4.78 is 5.82. The van der Waals surface area contributed by atoms with Crippen LogP contribution >= 0.6 is 11.3 Å². The van der Waals surface area contributed by atoms with Crippen LogP contribution in [0.3, 0.4) is 0 Å². The zero-order valence-electron chi connectivity index (χ0n) is 10.4. The van der Waals surface area contributed by atoms with Crippen LogP contribution in [0.4, 0.5) is 0 Å². The van der Waals surface area contributed by atoms with Gasteiger partial charge in [-0.1, -0.05) is 18.2 Å². The molecule has 0 amide bonds. The fourth-order valence-electron chi connectivity index (χ4n) is 2.52. The Kier molecular flexibility index (Phi) is 3.10. The highest BCUT2D eigenvalue weighted by atomic mass is 32.1. The third kappa shape index (κ3) is 2.04. The molecule has 0 saturated heterocycles. The molecule has 0 radical (unpaired) electrons. The predicted octanol–water partition coefficient (Wildman–Crippen LogP) is 3.31. The summed E-state index contributed by atoms with van der Waals surface area (Å²) in [5, 5.41) is 2.11. The Labute approximate surface area is 111 Å². The van der Waals surface area contributed by atoms with E-state index in [0.29, 0.717) is 5.92 Å². The zero-order valence-corrected chi connectivity index (χ0v) is 11.2. The average molecular weight is 259 g/mol. The molecule has 1 aliphatic heterocycles. The van der Waals surface area contributed by atoms with E-state index in [2.05, 4.69) is 30.5 Å².